The molecule has 0 unspecified atom stereocenters. The van der Waals surface area contributed by atoms with E-state index in [1.54, 1.807) is 0 Å². The van der Waals surface area contributed by atoms with Crippen molar-refractivity contribution in [2.45, 2.75) is 50.6 Å². The van der Waals surface area contributed by atoms with Crippen LogP contribution in [0.15, 0.2) is 36.4 Å². The highest BCUT2D eigenvalue weighted by Gasteiger charge is 2.42. The molecular formula is C28H29F7O4. The number of hydrogen-bond acceptors (Lipinski definition) is 4. The largest absolute Gasteiger partial charge is 0.494 e. The van der Waals surface area contributed by atoms with E-state index in [-0.39, 0.29) is 19.1 Å². The molecule has 1 aliphatic heterocycles. The van der Waals surface area contributed by atoms with Crippen molar-refractivity contribution in [1.82, 2.24) is 0 Å². The highest BCUT2D eigenvalue weighted by Crippen LogP contribution is 2.39. The Morgan fingerprint density at radius 2 is 1.49 bits per heavy atom. The van der Waals surface area contributed by atoms with E-state index in [1.807, 2.05) is 12.2 Å². The number of ether oxygens (including phenoxy) is 4. The number of rotatable bonds is 9. The van der Waals surface area contributed by atoms with E-state index in [2.05, 4.69) is 4.74 Å². The molecule has 1 heterocycles. The van der Waals surface area contributed by atoms with Crippen LogP contribution in [0.5, 0.6) is 5.75 Å². The van der Waals surface area contributed by atoms with Crippen molar-refractivity contribution < 1.29 is 49.7 Å². The number of methoxy groups -OCH3 is 1. The third-order valence-electron chi connectivity index (χ3n) is 7.05. The summed E-state index contributed by atoms with van der Waals surface area (Å²) in [4.78, 5) is 0. The number of alkyl halides is 3. The van der Waals surface area contributed by atoms with Gasteiger partial charge < -0.3 is 18.9 Å². The van der Waals surface area contributed by atoms with Gasteiger partial charge in [0.1, 0.15) is 6.10 Å². The smallest absolute Gasteiger partial charge is 0.386 e. The molecule has 0 radical (unpaired) electrons. The maximum Gasteiger partial charge on any atom is 0.386 e. The van der Waals surface area contributed by atoms with E-state index in [4.69, 9.17) is 14.2 Å². The molecule has 4 nitrogen and oxygen atoms in total. The van der Waals surface area contributed by atoms with Crippen molar-refractivity contribution in [2.24, 2.45) is 11.8 Å². The topological polar surface area (TPSA) is 36.9 Å². The molecule has 2 aromatic rings. The number of hydrogen-bond donors (Lipinski definition) is 0. The van der Waals surface area contributed by atoms with E-state index in [0.717, 1.165) is 51.0 Å². The fraction of sp³-hybridized carbons (Fsp3) is 0.500. The van der Waals surface area contributed by atoms with Gasteiger partial charge in [-0.3, -0.25) is 4.39 Å². The molecule has 0 aromatic heterocycles. The van der Waals surface area contributed by atoms with Gasteiger partial charge in [0.25, 0.3) is 0 Å². The summed E-state index contributed by atoms with van der Waals surface area (Å²) in [5.41, 5.74) is -2.81. The number of halogens is 7. The van der Waals surface area contributed by atoms with Crippen LogP contribution >= 0.6 is 0 Å². The Bertz CT molecular complexity index is 1160. The summed E-state index contributed by atoms with van der Waals surface area (Å²) in [7, 11) is 1.10. The second-order valence-electron chi connectivity index (χ2n) is 9.60. The minimum absolute atomic E-state index is 0.0690. The van der Waals surface area contributed by atoms with E-state index >= 15 is 0 Å². The molecule has 1 saturated carbocycles. The molecule has 39 heavy (non-hydrogen) atoms. The molecule has 0 bridgehead atoms. The first-order chi connectivity index (χ1) is 18.7. The molecule has 2 aliphatic rings. The van der Waals surface area contributed by atoms with Crippen LogP contribution in [0.2, 0.25) is 0 Å². The average Bonchev–Trinajstić information content (AvgIpc) is 2.93. The van der Waals surface area contributed by atoms with Crippen LogP contribution in [-0.2, 0) is 20.3 Å². The van der Waals surface area contributed by atoms with E-state index < -0.39 is 70.9 Å². The van der Waals surface area contributed by atoms with Gasteiger partial charge in [-0.2, -0.15) is 13.2 Å². The lowest BCUT2D eigenvalue weighted by Gasteiger charge is -2.37. The van der Waals surface area contributed by atoms with Gasteiger partial charge in [0.2, 0.25) is 5.82 Å². The lowest BCUT2D eigenvalue weighted by atomic mass is 9.81. The Hall–Kier alpha value is -2.63. The molecule has 4 rings (SSSR count). The third kappa shape index (κ3) is 6.58. The predicted octanol–water partition coefficient (Wildman–Crippen LogP) is 7.45. The zero-order chi connectivity index (χ0) is 28.2. The van der Waals surface area contributed by atoms with Gasteiger partial charge in [-0.25, -0.2) is 13.2 Å². The molecule has 11 heteroatoms. The van der Waals surface area contributed by atoms with Gasteiger partial charge in [-0.05, 0) is 56.2 Å². The average molecular weight is 563 g/mol. The monoisotopic (exact) mass is 562 g/mol. The van der Waals surface area contributed by atoms with Crippen LogP contribution < -0.4 is 4.74 Å². The molecular weight excluding hydrogens is 533 g/mol. The van der Waals surface area contributed by atoms with E-state index in [0.29, 0.717) is 18.4 Å². The Balaban J connectivity index is 1.37. The summed E-state index contributed by atoms with van der Waals surface area (Å²) in [5.74, 6) is -6.72. The number of benzene rings is 2. The van der Waals surface area contributed by atoms with E-state index in [9.17, 15) is 30.7 Å². The van der Waals surface area contributed by atoms with Crippen molar-refractivity contribution in [3.8, 4) is 16.9 Å². The van der Waals surface area contributed by atoms with Crippen LogP contribution in [0.25, 0.3) is 11.1 Å². The first-order valence-corrected chi connectivity index (χ1v) is 12.7. The molecule has 0 amide bonds. The Morgan fingerprint density at radius 1 is 0.872 bits per heavy atom. The molecule has 2 aromatic carbocycles. The first kappa shape index (κ1) is 29.4. The summed E-state index contributed by atoms with van der Waals surface area (Å²) in [6, 6.07) is 3.24. The van der Waals surface area contributed by atoms with Crippen LogP contribution in [0, 0.1) is 35.1 Å². The Labute approximate surface area is 221 Å². The second kappa shape index (κ2) is 12.7. The molecule has 1 aliphatic carbocycles. The molecule has 1 saturated heterocycles. The number of allylic oxidation sites excluding steroid dienone is 2. The fourth-order valence-corrected chi connectivity index (χ4v) is 4.95. The van der Waals surface area contributed by atoms with E-state index in [1.165, 1.54) is 0 Å². The Morgan fingerprint density at radius 3 is 2.10 bits per heavy atom. The SMILES string of the molecule is COc1ccc(-c2ccc(C(F)(F)OC3COC(C4CCC(C=CCCF)CC4)OC3)c(F)c2F)c(F)c1F. The third-order valence-corrected chi connectivity index (χ3v) is 7.05. The summed E-state index contributed by atoms with van der Waals surface area (Å²) in [5, 5.41) is 0. The predicted molar refractivity (Wildman–Crippen MR) is 128 cm³/mol. The van der Waals surface area contributed by atoms with Crippen molar-refractivity contribution in [2.75, 3.05) is 27.0 Å². The van der Waals surface area contributed by atoms with Crippen molar-refractivity contribution in [3.63, 3.8) is 0 Å². The maximum absolute atomic E-state index is 14.9. The minimum Gasteiger partial charge on any atom is -0.494 e. The van der Waals surface area contributed by atoms with Gasteiger partial charge in [0.15, 0.2) is 29.5 Å². The molecule has 214 valence electrons. The minimum atomic E-state index is -4.26. The van der Waals surface area contributed by atoms with Gasteiger partial charge in [-0.1, -0.05) is 18.2 Å². The summed E-state index contributed by atoms with van der Waals surface area (Å²) < 4.78 is 121. The van der Waals surface area contributed by atoms with Crippen LogP contribution in [-0.4, -0.2) is 39.4 Å². The zero-order valence-corrected chi connectivity index (χ0v) is 21.2. The summed E-state index contributed by atoms with van der Waals surface area (Å²) in [6.07, 6.45) is 1.48. The normalized spacial score (nSPS) is 24.3. The molecule has 0 spiro atoms. The van der Waals surface area contributed by atoms with Crippen molar-refractivity contribution in [3.05, 3.63) is 65.2 Å². The summed E-state index contributed by atoms with van der Waals surface area (Å²) in [6.45, 7) is -0.875. The van der Waals surface area contributed by atoms with Gasteiger partial charge in [-0.15, -0.1) is 0 Å². The lowest BCUT2D eigenvalue weighted by Crippen LogP contribution is -2.44. The quantitative estimate of drug-likeness (QED) is 0.235. The van der Waals surface area contributed by atoms with Crippen LogP contribution in [0.1, 0.15) is 37.7 Å². The van der Waals surface area contributed by atoms with Crippen LogP contribution in [0.4, 0.5) is 30.7 Å². The van der Waals surface area contributed by atoms with Crippen LogP contribution in [0.3, 0.4) is 0 Å². The van der Waals surface area contributed by atoms with Gasteiger partial charge in [0, 0.05) is 17.0 Å². The molecule has 2 fully saturated rings. The standard InChI is InChI=1S/C28H29F7O4/c1-36-22-12-10-20(24(31)26(22)33)19-9-11-21(25(32)23(19)30)28(34,35)39-18-14-37-27(38-15-18)17-7-5-16(6-8-17)4-2-3-13-29/h2,4,9-12,16-18,27H,3,5-8,13-15H2,1H3. The molecule has 0 atom stereocenters. The highest BCUT2D eigenvalue weighted by atomic mass is 19.3. The lowest BCUT2D eigenvalue weighted by molar-refractivity contribution is -0.326. The maximum atomic E-state index is 14.9. The van der Waals surface area contributed by atoms with Crippen molar-refractivity contribution >= 4 is 0 Å². The van der Waals surface area contributed by atoms with Gasteiger partial charge in [0.05, 0.1) is 32.6 Å². The Kier molecular flexibility index (Phi) is 9.56. The first-order valence-electron chi connectivity index (χ1n) is 12.7. The highest BCUT2D eigenvalue weighted by molar-refractivity contribution is 5.66. The zero-order valence-electron chi connectivity index (χ0n) is 21.2. The summed E-state index contributed by atoms with van der Waals surface area (Å²) >= 11 is 0. The fourth-order valence-electron chi connectivity index (χ4n) is 4.95. The van der Waals surface area contributed by atoms with Gasteiger partial charge >= 0.3 is 6.11 Å². The molecule has 0 N–H and O–H groups in total. The second-order valence-corrected chi connectivity index (χ2v) is 9.60. The van der Waals surface area contributed by atoms with Crippen molar-refractivity contribution in [1.29, 1.82) is 0 Å².